The smallest absolute Gasteiger partial charge is 0.203 e. The van der Waals surface area contributed by atoms with Crippen LogP contribution in [0.2, 0.25) is 0 Å². The van der Waals surface area contributed by atoms with Crippen LogP contribution in [0.5, 0.6) is 0 Å². The van der Waals surface area contributed by atoms with Crippen molar-refractivity contribution in [3.05, 3.63) is 71.2 Å². The van der Waals surface area contributed by atoms with E-state index in [1.54, 1.807) is 11.3 Å². The van der Waals surface area contributed by atoms with E-state index in [0.29, 0.717) is 0 Å². The number of aromatic nitrogens is 1. The number of anilines is 1. The Hall–Kier alpha value is -2.72. The van der Waals surface area contributed by atoms with Crippen molar-refractivity contribution < 1.29 is 0 Å². The third-order valence-electron chi connectivity index (χ3n) is 3.79. The van der Waals surface area contributed by atoms with Gasteiger partial charge in [-0.25, -0.2) is 4.98 Å². The number of aryl methyl sites for hydroxylation is 1. The molecule has 0 atom stereocenters. The average molecular weight is 317 g/mol. The van der Waals surface area contributed by atoms with Gasteiger partial charge in [-0.3, -0.25) is 5.43 Å². The Morgan fingerprint density at radius 2 is 1.65 bits per heavy atom. The number of hydrogen-bond donors (Lipinski definition) is 1. The molecule has 0 amide bonds. The lowest BCUT2D eigenvalue weighted by atomic mass is 9.97. The molecule has 1 N–H and O–H groups in total. The molecule has 0 aliphatic rings. The second-order valence-electron chi connectivity index (χ2n) is 5.40. The SMILES string of the molecule is Cc1csc(NN=Cc2c3ccccc3cc3ccccc23)n1. The zero-order valence-electron chi connectivity index (χ0n) is 12.7. The average Bonchev–Trinajstić information content (AvgIpc) is 2.99. The van der Waals surface area contributed by atoms with Crippen LogP contribution in [0.15, 0.2) is 65.1 Å². The summed E-state index contributed by atoms with van der Waals surface area (Å²) in [6, 6.07) is 19.0. The van der Waals surface area contributed by atoms with E-state index >= 15 is 0 Å². The van der Waals surface area contributed by atoms with Crippen LogP contribution < -0.4 is 5.43 Å². The van der Waals surface area contributed by atoms with Crippen LogP contribution in [0.25, 0.3) is 21.5 Å². The number of hydrazone groups is 1. The predicted molar refractivity (Wildman–Crippen MR) is 99.5 cm³/mol. The van der Waals surface area contributed by atoms with Crippen molar-refractivity contribution in [3.63, 3.8) is 0 Å². The third kappa shape index (κ3) is 2.69. The summed E-state index contributed by atoms with van der Waals surface area (Å²) in [6.07, 6.45) is 1.89. The van der Waals surface area contributed by atoms with E-state index < -0.39 is 0 Å². The van der Waals surface area contributed by atoms with Gasteiger partial charge >= 0.3 is 0 Å². The first-order chi connectivity index (χ1) is 11.3. The Morgan fingerprint density at radius 3 is 2.26 bits per heavy atom. The summed E-state index contributed by atoms with van der Waals surface area (Å²) in [5.41, 5.74) is 5.15. The monoisotopic (exact) mass is 317 g/mol. The van der Waals surface area contributed by atoms with Crippen molar-refractivity contribution >= 4 is 44.2 Å². The van der Waals surface area contributed by atoms with Gasteiger partial charge < -0.3 is 0 Å². The number of rotatable bonds is 3. The van der Waals surface area contributed by atoms with Gasteiger partial charge in [0.2, 0.25) is 5.13 Å². The number of benzene rings is 3. The lowest BCUT2D eigenvalue weighted by Gasteiger charge is -2.07. The summed E-state index contributed by atoms with van der Waals surface area (Å²) >= 11 is 1.56. The Balaban J connectivity index is 1.82. The molecule has 0 bridgehead atoms. The molecule has 0 saturated carbocycles. The van der Waals surface area contributed by atoms with E-state index in [1.165, 1.54) is 21.5 Å². The molecule has 23 heavy (non-hydrogen) atoms. The molecule has 0 saturated heterocycles. The first kappa shape index (κ1) is 13.9. The number of thiazole rings is 1. The van der Waals surface area contributed by atoms with Gasteiger partial charge in [-0.2, -0.15) is 5.10 Å². The number of nitrogens with zero attached hydrogens (tertiary/aromatic N) is 2. The molecule has 0 aliphatic carbocycles. The molecular weight excluding hydrogens is 302 g/mol. The summed E-state index contributed by atoms with van der Waals surface area (Å²) in [4.78, 5) is 4.36. The van der Waals surface area contributed by atoms with Gasteiger partial charge in [-0.1, -0.05) is 48.5 Å². The van der Waals surface area contributed by atoms with E-state index in [9.17, 15) is 0 Å². The summed E-state index contributed by atoms with van der Waals surface area (Å²) < 4.78 is 0. The minimum absolute atomic E-state index is 0.809. The zero-order valence-corrected chi connectivity index (χ0v) is 13.5. The van der Waals surface area contributed by atoms with Crippen LogP contribution in [-0.4, -0.2) is 11.2 Å². The fourth-order valence-corrected chi connectivity index (χ4v) is 3.38. The molecule has 4 rings (SSSR count). The summed E-state index contributed by atoms with van der Waals surface area (Å²) in [6.45, 7) is 1.98. The molecule has 1 heterocycles. The number of hydrogen-bond acceptors (Lipinski definition) is 4. The second-order valence-corrected chi connectivity index (χ2v) is 6.25. The highest BCUT2D eigenvalue weighted by Crippen LogP contribution is 2.27. The largest absolute Gasteiger partial charge is 0.253 e. The van der Waals surface area contributed by atoms with Gasteiger partial charge in [0.15, 0.2) is 0 Å². The van der Waals surface area contributed by atoms with Crippen LogP contribution in [0.3, 0.4) is 0 Å². The lowest BCUT2D eigenvalue weighted by molar-refractivity contribution is 1.22. The lowest BCUT2D eigenvalue weighted by Crippen LogP contribution is -1.93. The predicted octanol–water partition coefficient (Wildman–Crippen LogP) is 5.20. The number of fused-ring (bicyclic) bond motifs is 2. The molecule has 0 unspecified atom stereocenters. The van der Waals surface area contributed by atoms with E-state index in [2.05, 4.69) is 70.1 Å². The Morgan fingerprint density at radius 1 is 1.00 bits per heavy atom. The standard InChI is InChI=1S/C19H15N3S/c1-13-12-23-19(21-13)22-20-11-18-16-8-4-2-6-14(16)10-15-7-3-5-9-17(15)18/h2-12H,1H3,(H,21,22). The minimum atomic E-state index is 0.809. The highest BCUT2D eigenvalue weighted by Gasteiger charge is 2.05. The molecule has 4 heteroatoms. The summed E-state index contributed by atoms with van der Waals surface area (Å²) in [5.74, 6) is 0. The first-order valence-corrected chi connectivity index (χ1v) is 8.31. The molecule has 3 nitrogen and oxygen atoms in total. The molecule has 0 radical (unpaired) electrons. The van der Waals surface area contributed by atoms with Gasteiger partial charge in [0.25, 0.3) is 0 Å². The molecule has 1 aromatic heterocycles. The van der Waals surface area contributed by atoms with E-state index in [0.717, 1.165) is 16.4 Å². The summed E-state index contributed by atoms with van der Waals surface area (Å²) in [5, 5.41) is 12.1. The van der Waals surface area contributed by atoms with Crippen molar-refractivity contribution in [2.75, 3.05) is 5.43 Å². The van der Waals surface area contributed by atoms with E-state index in [1.807, 2.05) is 18.5 Å². The van der Waals surface area contributed by atoms with Gasteiger partial charge in [-0.05, 0) is 34.5 Å². The fourth-order valence-electron chi connectivity index (χ4n) is 2.75. The summed E-state index contributed by atoms with van der Waals surface area (Å²) in [7, 11) is 0. The molecular formula is C19H15N3S. The van der Waals surface area contributed by atoms with Crippen LogP contribution in [0.4, 0.5) is 5.13 Å². The zero-order chi connectivity index (χ0) is 15.6. The van der Waals surface area contributed by atoms with Crippen molar-refractivity contribution in [1.82, 2.24) is 4.98 Å². The Bertz CT molecular complexity index is 963. The maximum atomic E-state index is 4.40. The van der Waals surface area contributed by atoms with Crippen LogP contribution in [-0.2, 0) is 0 Å². The maximum absolute atomic E-state index is 4.40. The van der Waals surface area contributed by atoms with Gasteiger partial charge in [0, 0.05) is 10.9 Å². The Kier molecular flexibility index (Phi) is 3.52. The number of nitrogens with one attached hydrogen (secondary N) is 1. The van der Waals surface area contributed by atoms with Crippen molar-refractivity contribution in [2.24, 2.45) is 5.10 Å². The molecule has 4 aromatic rings. The normalized spacial score (nSPS) is 11.5. The Labute approximate surface area is 138 Å². The molecule has 0 aliphatic heterocycles. The first-order valence-electron chi connectivity index (χ1n) is 7.43. The van der Waals surface area contributed by atoms with Crippen molar-refractivity contribution in [3.8, 4) is 0 Å². The second kappa shape index (κ2) is 5.82. The van der Waals surface area contributed by atoms with Crippen LogP contribution in [0, 0.1) is 6.92 Å². The van der Waals surface area contributed by atoms with E-state index in [-0.39, 0.29) is 0 Å². The quantitative estimate of drug-likeness (QED) is 0.320. The third-order valence-corrected chi connectivity index (χ3v) is 4.65. The van der Waals surface area contributed by atoms with Crippen molar-refractivity contribution in [2.45, 2.75) is 6.92 Å². The highest BCUT2D eigenvalue weighted by molar-refractivity contribution is 7.13. The molecule has 0 fully saturated rings. The fraction of sp³-hybridized carbons (Fsp3) is 0.0526. The molecule has 0 spiro atoms. The van der Waals surface area contributed by atoms with Crippen LogP contribution >= 0.6 is 11.3 Å². The van der Waals surface area contributed by atoms with Gasteiger partial charge in [0.1, 0.15) is 0 Å². The maximum Gasteiger partial charge on any atom is 0.203 e. The minimum Gasteiger partial charge on any atom is -0.253 e. The van der Waals surface area contributed by atoms with Crippen molar-refractivity contribution in [1.29, 1.82) is 0 Å². The van der Waals surface area contributed by atoms with Gasteiger partial charge in [-0.15, -0.1) is 11.3 Å². The highest BCUT2D eigenvalue weighted by atomic mass is 32.1. The molecule has 112 valence electrons. The van der Waals surface area contributed by atoms with E-state index in [4.69, 9.17) is 0 Å². The topological polar surface area (TPSA) is 37.3 Å². The van der Waals surface area contributed by atoms with Gasteiger partial charge in [0.05, 0.1) is 11.9 Å². The van der Waals surface area contributed by atoms with Crippen LogP contribution in [0.1, 0.15) is 11.3 Å². The molecule has 3 aromatic carbocycles.